The van der Waals surface area contributed by atoms with Crippen LogP contribution in [-0.4, -0.2) is 20.0 Å². The van der Waals surface area contributed by atoms with Crippen LogP contribution in [-0.2, 0) is 0 Å². The van der Waals surface area contributed by atoms with Gasteiger partial charge in [0, 0.05) is 0 Å². The molecular weight excluding hydrogens is 192 g/mol. The van der Waals surface area contributed by atoms with Crippen molar-refractivity contribution in [2.75, 3.05) is 5.73 Å². The topological polar surface area (TPSA) is 93.4 Å². The smallest absolute Gasteiger partial charge is 0.178 e. The lowest BCUT2D eigenvalue weighted by atomic mass is 10.3. The van der Waals surface area contributed by atoms with Crippen LogP contribution in [0, 0.1) is 18.3 Å². The van der Waals surface area contributed by atoms with Crippen molar-refractivity contribution >= 4 is 5.82 Å². The minimum atomic E-state index is 0.274. The maximum absolute atomic E-state index is 8.70. The number of nitriles is 1. The highest BCUT2D eigenvalue weighted by Crippen LogP contribution is 2.13. The Labute approximate surface area is 86.0 Å². The molecule has 2 rings (SSSR count). The average Bonchev–Trinajstić information content (AvgIpc) is 2.61. The molecule has 6 nitrogen and oxygen atoms in total. The molecule has 0 spiro atoms. The summed E-state index contributed by atoms with van der Waals surface area (Å²) in [6, 6.07) is 5.48. The summed E-state index contributed by atoms with van der Waals surface area (Å²) in [7, 11) is 0. The molecule has 0 aliphatic carbocycles. The number of hydrogen-bond acceptors (Lipinski definition) is 5. The fourth-order valence-corrected chi connectivity index (χ4v) is 1.13. The first kappa shape index (κ1) is 9.15. The van der Waals surface area contributed by atoms with Crippen LogP contribution in [0.1, 0.15) is 11.3 Å². The summed E-state index contributed by atoms with van der Waals surface area (Å²) in [6.45, 7) is 1.84. The second kappa shape index (κ2) is 3.38. The molecule has 0 saturated heterocycles. The van der Waals surface area contributed by atoms with Crippen LogP contribution in [0.15, 0.2) is 18.3 Å². The van der Waals surface area contributed by atoms with Crippen molar-refractivity contribution in [3.63, 3.8) is 0 Å². The third-order valence-corrected chi connectivity index (χ3v) is 1.93. The molecule has 0 radical (unpaired) electrons. The van der Waals surface area contributed by atoms with E-state index < -0.39 is 0 Å². The minimum Gasteiger partial charge on any atom is -0.382 e. The van der Waals surface area contributed by atoms with E-state index in [-0.39, 0.29) is 5.82 Å². The Kier molecular flexibility index (Phi) is 2.06. The summed E-state index contributed by atoms with van der Waals surface area (Å²) in [4.78, 5) is 0. The summed E-state index contributed by atoms with van der Waals surface area (Å²) in [6.07, 6.45) is 1.40. The van der Waals surface area contributed by atoms with Crippen LogP contribution in [0.4, 0.5) is 5.82 Å². The Morgan fingerprint density at radius 2 is 2.20 bits per heavy atom. The first-order valence-electron chi connectivity index (χ1n) is 4.26. The summed E-state index contributed by atoms with van der Waals surface area (Å²) < 4.78 is 1.38. The fraction of sp³-hybridized carbons (Fsp3) is 0.111. The summed E-state index contributed by atoms with van der Waals surface area (Å²) in [5.74, 6) is 0.773. The molecule has 0 aliphatic rings. The minimum absolute atomic E-state index is 0.274. The quantitative estimate of drug-likeness (QED) is 0.720. The van der Waals surface area contributed by atoms with Gasteiger partial charge in [0.05, 0.1) is 11.9 Å². The van der Waals surface area contributed by atoms with Crippen LogP contribution < -0.4 is 5.73 Å². The molecular formula is C9H8N6. The van der Waals surface area contributed by atoms with Crippen LogP contribution in [0.2, 0.25) is 0 Å². The van der Waals surface area contributed by atoms with Gasteiger partial charge in [-0.25, -0.2) is 0 Å². The Bertz CT molecular complexity index is 519. The van der Waals surface area contributed by atoms with Crippen molar-refractivity contribution in [2.24, 2.45) is 0 Å². The number of aromatic nitrogens is 4. The van der Waals surface area contributed by atoms with Crippen LogP contribution in [0.5, 0.6) is 0 Å². The molecule has 0 saturated carbocycles. The molecule has 2 N–H and O–H groups in total. The van der Waals surface area contributed by atoms with Crippen LogP contribution >= 0.6 is 0 Å². The van der Waals surface area contributed by atoms with Crippen molar-refractivity contribution in [2.45, 2.75) is 6.92 Å². The maximum atomic E-state index is 8.70. The predicted octanol–water partition coefficient (Wildman–Crippen LogP) is 0.425. The van der Waals surface area contributed by atoms with Crippen molar-refractivity contribution in [1.29, 1.82) is 5.26 Å². The van der Waals surface area contributed by atoms with Gasteiger partial charge in [0.15, 0.2) is 5.82 Å². The number of aryl methyl sites for hydroxylation is 1. The Morgan fingerprint density at radius 1 is 1.40 bits per heavy atom. The second-order valence-electron chi connectivity index (χ2n) is 3.00. The molecule has 0 aliphatic heterocycles. The highest BCUT2D eigenvalue weighted by Gasteiger charge is 2.09. The SMILES string of the molecule is Cc1ccc(-n2ncc(C#N)c2N)nn1. The van der Waals surface area contributed by atoms with Gasteiger partial charge in [-0.2, -0.15) is 20.1 Å². The highest BCUT2D eigenvalue weighted by atomic mass is 15.4. The number of anilines is 1. The van der Waals surface area contributed by atoms with E-state index >= 15 is 0 Å². The van der Waals surface area contributed by atoms with Crippen molar-refractivity contribution in [1.82, 2.24) is 20.0 Å². The first-order chi connectivity index (χ1) is 7.22. The van der Waals surface area contributed by atoms with E-state index in [2.05, 4.69) is 15.3 Å². The molecule has 0 amide bonds. The van der Waals surface area contributed by atoms with E-state index in [1.54, 1.807) is 12.1 Å². The van der Waals surface area contributed by atoms with Crippen molar-refractivity contribution in [3.8, 4) is 11.9 Å². The number of nitrogen functional groups attached to an aromatic ring is 1. The summed E-state index contributed by atoms with van der Waals surface area (Å²) >= 11 is 0. The van der Waals surface area contributed by atoms with E-state index in [9.17, 15) is 0 Å². The molecule has 2 heterocycles. The molecule has 15 heavy (non-hydrogen) atoms. The lowest BCUT2D eigenvalue weighted by molar-refractivity contribution is 0.814. The molecule has 0 fully saturated rings. The lowest BCUT2D eigenvalue weighted by Gasteiger charge is -2.01. The molecule has 6 heteroatoms. The molecule has 0 aromatic carbocycles. The van der Waals surface area contributed by atoms with E-state index in [1.165, 1.54) is 10.9 Å². The zero-order chi connectivity index (χ0) is 10.8. The molecule has 2 aromatic rings. The molecule has 0 bridgehead atoms. The van der Waals surface area contributed by atoms with Gasteiger partial charge in [0.25, 0.3) is 0 Å². The van der Waals surface area contributed by atoms with E-state index in [0.29, 0.717) is 11.4 Å². The molecule has 74 valence electrons. The van der Waals surface area contributed by atoms with Gasteiger partial charge >= 0.3 is 0 Å². The zero-order valence-corrected chi connectivity index (χ0v) is 8.05. The first-order valence-corrected chi connectivity index (χ1v) is 4.26. The second-order valence-corrected chi connectivity index (χ2v) is 3.00. The maximum Gasteiger partial charge on any atom is 0.178 e. The third-order valence-electron chi connectivity index (χ3n) is 1.93. The van der Waals surface area contributed by atoms with Crippen LogP contribution in [0.3, 0.4) is 0 Å². The highest BCUT2D eigenvalue weighted by molar-refractivity contribution is 5.50. The van der Waals surface area contributed by atoms with Gasteiger partial charge < -0.3 is 5.73 Å². The normalized spacial score (nSPS) is 9.87. The Balaban J connectivity index is 2.51. The van der Waals surface area contributed by atoms with E-state index in [0.717, 1.165) is 5.69 Å². The summed E-state index contributed by atoms with van der Waals surface area (Å²) in [5.41, 5.74) is 6.84. The number of rotatable bonds is 1. The van der Waals surface area contributed by atoms with Crippen molar-refractivity contribution in [3.05, 3.63) is 29.6 Å². The monoisotopic (exact) mass is 200 g/mol. The average molecular weight is 200 g/mol. The molecule has 0 atom stereocenters. The number of nitrogens with two attached hydrogens (primary N) is 1. The molecule has 0 unspecified atom stereocenters. The van der Waals surface area contributed by atoms with E-state index in [1.807, 2.05) is 13.0 Å². The fourth-order valence-electron chi connectivity index (χ4n) is 1.13. The van der Waals surface area contributed by atoms with Gasteiger partial charge in [-0.3, -0.25) is 0 Å². The lowest BCUT2D eigenvalue weighted by Crippen LogP contribution is -2.05. The largest absolute Gasteiger partial charge is 0.382 e. The van der Waals surface area contributed by atoms with Gasteiger partial charge in [-0.1, -0.05) is 0 Å². The standard InChI is InChI=1S/C9H8N6/c1-6-2-3-8(14-13-6)15-9(11)7(4-10)5-12-15/h2-3,5H,11H2,1H3. The Hall–Kier alpha value is -2.42. The van der Waals surface area contributed by atoms with Gasteiger partial charge in [0.2, 0.25) is 0 Å². The third kappa shape index (κ3) is 1.50. The number of nitrogens with zero attached hydrogens (tertiary/aromatic N) is 5. The zero-order valence-electron chi connectivity index (χ0n) is 8.05. The van der Waals surface area contributed by atoms with Gasteiger partial charge in [-0.15, -0.1) is 5.10 Å². The Morgan fingerprint density at radius 3 is 2.73 bits per heavy atom. The van der Waals surface area contributed by atoms with E-state index in [4.69, 9.17) is 11.0 Å². The predicted molar refractivity (Wildman–Crippen MR) is 53.0 cm³/mol. The van der Waals surface area contributed by atoms with Crippen molar-refractivity contribution < 1.29 is 0 Å². The van der Waals surface area contributed by atoms with Gasteiger partial charge in [-0.05, 0) is 19.1 Å². The number of hydrogen-bond donors (Lipinski definition) is 1. The molecule has 2 aromatic heterocycles. The summed E-state index contributed by atoms with van der Waals surface area (Å²) in [5, 5.41) is 20.5. The van der Waals surface area contributed by atoms with Crippen LogP contribution in [0.25, 0.3) is 5.82 Å². The van der Waals surface area contributed by atoms with Gasteiger partial charge in [0.1, 0.15) is 17.5 Å².